The van der Waals surface area contributed by atoms with Crippen LogP contribution in [0.2, 0.25) is 0 Å². The van der Waals surface area contributed by atoms with Crippen molar-refractivity contribution in [1.82, 2.24) is 0 Å². The molecule has 0 aliphatic heterocycles. The molecule has 0 saturated carbocycles. The molecule has 10 heteroatoms. The standard InChI is InChI=1S/C86H148NO8P/c1-6-8-10-12-14-16-18-20-22-24-26-28-30-32-34-36-38-39-40-41-42-43-44-45-46-47-49-51-53-55-57-59-61-63-65-67-69-71-73-75-77-79-86(89)95-84(83-94-96(90,91)93-81-80-87(3,4)5)82-92-85(88)78-76-74-72-70-68-66-64-62-60-58-56-54-52-50-48-37-35-33-31-29-27-25-23-21-19-17-15-13-11-9-7-2/h8,10,14,16,19-22,25-28,31-34,38-39,41-42,44-45,47,49,84H,6-7,9,11-13,15,17-18,23-24,29-30,35-37,40,43,46,48,50-83H2,1-5H3/b10-8-,16-14-,21-19-,22-20-,27-25-,28-26-,33-31-,34-32-,39-38-,42-41-,45-44-,49-47-. The third kappa shape index (κ3) is 78.9. The number of ether oxygens (including phenoxy) is 2. The van der Waals surface area contributed by atoms with Crippen LogP contribution in [0.3, 0.4) is 0 Å². The van der Waals surface area contributed by atoms with Gasteiger partial charge in [0, 0.05) is 12.8 Å². The van der Waals surface area contributed by atoms with Gasteiger partial charge in [-0.15, -0.1) is 0 Å². The van der Waals surface area contributed by atoms with E-state index in [-0.39, 0.29) is 32.0 Å². The third-order valence-electron chi connectivity index (χ3n) is 16.8. The van der Waals surface area contributed by atoms with Crippen molar-refractivity contribution in [1.29, 1.82) is 0 Å². The largest absolute Gasteiger partial charge is 0.756 e. The van der Waals surface area contributed by atoms with Crippen molar-refractivity contribution in [3.8, 4) is 0 Å². The molecule has 9 nitrogen and oxygen atoms in total. The van der Waals surface area contributed by atoms with Crippen molar-refractivity contribution in [3.63, 3.8) is 0 Å². The Labute approximate surface area is 593 Å². The fraction of sp³-hybridized carbons (Fsp3) is 0.698. The zero-order chi connectivity index (χ0) is 69.7. The van der Waals surface area contributed by atoms with Gasteiger partial charge < -0.3 is 27.9 Å². The Morgan fingerprint density at radius 1 is 0.333 bits per heavy atom. The summed E-state index contributed by atoms with van der Waals surface area (Å²) in [6, 6.07) is 0. The number of hydrogen-bond acceptors (Lipinski definition) is 8. The van der Waals surface area contributed by atoms with Crippen LogP contribution in [0.4, 0.5) is 0 Å². The van der Waals surface area contributed by atoms with E-state index in [4.69, 9.17) is 18.5 Å². The molecule has 2 atom stereocenters. The zero-order valence-corrected chi connectivity index (χ0v) is 63.7. The van der Waals surface area contributed by atoms with Gasteiger partial charge >= 0.3 is 11.9 Å². The topological polar surface area (TPSA) is 111 Å². The number of phosphoric acid groups is 1. The molecule has 2 unspecified atom stereocenters. The van der Waals surface area contributed by atoms with Gasteiger partial charge in [0.05, 0.1) is 27.7 Å². The first-order valence-corrected chi connectivity index (χ1v) is 41.0. The highest BCUT2D eigenvalue weighted by atomic mass is 31.2. The van der Waals surface area contributed by atoms with Crippen LogP contribution in [0.25, 0.3) is 0 Å². The molecule has 0 saturated heterocycles. The molecule has 0 heterocycles. The highest BCUT2D eigenvalue weighted by Gasteiger charge is 2.22. The minimum atomic E-state index is -4.65. The number of carbonyl (C=O) groups excluding carboxylic acids is 2. The molecular weight excluding hydrogens is 1210 g/mol. The van der Waals surface area contributed by atoms with E-state index in [0.717, 1.165) is 109 Å². The highest BCUT2D eigenvalue weighted by Crippen LogP contribution is 2.38. The summed E-state index contributed by atoms with van der Waals surface area (Å²) in [5, 5.41) is 0. The average molecular weight is 1360 g/mol. The number of esters is 2. The first kappa shape index (κ1) is 91.9. The molecule has 0 spiro atoms. The zero-order valence-electron chi connectivity index (χ0n) is 62.8. The summed E-state index contributed by atoms with van der Waals surface area (Å²) >= 11 is 0. The molecule has 0 radical (unpaired) electrons. The molecule has 0 bridgehead atoms. The van der Waals surface area contributed by atoms with Crippen LogP contribution in [-0.2, 0) is 32.7 Å². The molecule has 0 aliphatic carbocycles. The second-order valence-electron chi connectivity index (χ2n) is 27.3. The van der Waals surface area contributed by atoms with Crippen LogP contribution < -0.4 is 4.89 Å². The Kier molecular flexibility index (Phi) is 71.9. The lowest BCUT2D eigenvalue weighted by atomic mass is 10.0. The van der Waals surface area contributed by atoms with E-state index >= 15 is 0 Å². The number of unbranched alkanes of at least 4 members (excludes halogenated alkanes) is 34. The Bertz CT molecular complexity index is 2140. The first-order chi connectivity index (χ1) is 47.0. The normalized spacial score (nSPS) is 13.9. The van der Waals surface area contributed by atoms with Gasteiger partial charge in [0.25, 0.3) is 7.82 Å². The summed E-state index contributed by atoms with van der Waals surface area (Å²) in [6.45, 7) is 4.14. The molecule has 0 rings (SSSR count). The average Bonchev–Trinajstić information content (AvgIpc) is 2.54. The number of likely N-dealkylation sites (N-methyl/N-ethyl adjacent to an activating group) is 1. The summed E-state index contributed by atoms with van der Waals surface area (Å²) in [4.78, 5) is 38.2. The van der Waals surface area contributed by atoms with Crippen LogP contribution >= 0.6 is 7.82 Å². The molecule has 0 amide bonds. The number of rotatable bonds is 72. The molecule has 0 fully saturated rings. The summed E-state index contributed by atoms with van der Waals surface area (Å²) < 4.78 is 34.4. The lowest BCUT2D eigenvalue weighted by Crippen LogP contribution is -2.37. The predicted octanol–water partition coefficient (Wildman–Crippen LogP) is 25.9. The molecular formula is C86H148NO8P. The number of phosphoric ester groups is 1. The second kappa shape index (κ2) is 75.1. The van der Waals surface area contributed by atoms with E-state index in [9.17, 15) is 19.0 Å². The van der Waals surface area contributed by atoms with Gasteiger partial charge in [0.15, 0.2) is 6.10 Å². The lowest BCUT2D eigenvalue weighted by molar-refractivity contribution is -0.870. The summed E-state index contributed by atoms with van der Waals surface area (Å²) in [7, 11) is 1.16. The van der Waals surface area contributed by atoms with Gasteiger partial charge in [-0.05, 0) is 122 Å². The van der Waals surface area contributed by atoms with E-state index in [1.807, 2.05) is 21.1 Å². The van der Waals surface area contributed by atoms with Crippen molar-refractivity contribution >= 4 is 19.8 Å². The fourth-order valence-electron chi connectivity index (χ4n) is 10.8. The molecule has 0 aliphatic rings. The smallest absolute Gasteiger partial charge is 0.306 e. The summed E-state index contributed by atoms with van der Waals surface area (Å²) in [5.41, 5.74) is 0. The minimum absolute atomic E-state index is 0.0355. The molecule has 550 valence electrons. The van der Waals surface area contributed by atoms with Crippen molar-refractivity contribution < 1.29 is 42.1 Å². The van der Waals surface area contributed by atoms with Crippen molar-refractivity contribution in [2.45, 2.75) is 341 Å². The van der Waals surface area contributed by atoms with E-state index in [0.29, 0.717) is 17.4 Å². The summed E-state index contributed by atoms with van der Waals surface area (Å²) in [6.07, 6.45) is 111. The Morgan fingerprint density at radius 2 is 0.594 bits per heavy atom. The fourth-order valence-corrected chi connectivity index (χ4v) is 11.6. The SMILES string of the molecule is CC/C=C\C/C=C\C/C=C\C/C=C\C/C=C\C/C=C\C/C=C\C/C=C\C/C=C\CCCCCCCCCCCCCCCC(=O)OC(COC(=O)CCCCCCCCCCCCCCCCCC/C=C\C/C=C\C/C=C\CCCCCCC)COP(=O)([O-])OCC[N+](C)(C)C. The molecule has 0 aromatic rings. The maximum Gasteiger partial charge on any atom is 0.306 e. The van der Waals surface area contributed by atoms with Crippen LogP contribution in [0.5, 0.6) is 0 Å². The van der Waals surface area contributed by atoms with Gasteiger partial charge in [-0.1, -0.05) is 346 Å². The van der Waals surface area contributed by atoms with Crippen molar-refractivity contribution in [2.24, 2.45) is 0 Å². The van der Waals surface area contributed by atoms with Gasteiger partial charge in [0.1, 0.15) is 19.8 Å². The number of hydrogen-bond donors (Lipinski definition) is 0. The van der Waals surface area contributed by atoms with E-state index in [2.05, 4.69) is 160 Å². The maximum absolute atomic E-state index is 12.9. The Hall–Kier alpha value is -4.11. The highest BCUT2D eigenvalue weighted by molar-refractivity contribution is 7.45. The lowest BCUT2D eigenvalue weighted by Gasteiger charge is -2.28. The number of nitrogens with zero attached hydrogens (tertiary/aromatic N) is 1. The van der Waals surface area contributed by atoms with Crippen LogP contribution in [0.1, 0.15) is 335 Å². The van der Waals surface area contributed by atoms with Crippen LogP contribution in [0, 0.1) is 0 Å². The van der Waals surface area contributed by atoms with Gasteiger partial charge in [-0.2, -0.15) is 0 Å². The second-order valence-corrected chi connectivity index (χ2v) is 28.8. The van der Waals surface area contributed by atoms with Crippen molar-refractivity contribution in [2.75, 3.05) is 47.5 Å². The number of allylic oxidation sites excluding steroid dienone is 24. The first-order valence-electron chi connectivity index (χ1n) is 39.5. The van der Waals surface area contributed by atoms with Gasteiger partial charge in [-0.25, -0.2) is 0 Å². The molecule has 0 aromatic heterocycles. The van der Waals surface area contributed by atoms with E-state index < -0.39 is 26.5 Å². The Morgan fingerprint density at radius 3 is 0.885 bits per heavy atom. The Balaban J connectivity index is 4.02. The minimum Gasteiger partial charge on any atom is -0.756 e. The van der Waals surface area contributed by atoms with Crippen LogP contribution in [0.15, 0.2) is 146 Å². The molecule has 0 N–H and O–H groups in total. The third-order valence-corrected chi connectivity index (χ3v) is 17.8. The molecule has 0 aromatic carbocycles. The number of quaternary nitrogens is 1. The number of carbonyl (C=O) groups is 2. The van der Waals surface area contributed by atoms with Gasteiger partial charge in [0.2, 0.25) is 0 Å². The summed E-state index contributed by atoms with van der Waals surface area (Å²) in [5.74, 6) is -0.830. The maximum atomic E-state index is 12.9. The van der Waals surface area contributed by atoms with Crippen molar-refractivity contribution in [3.05, 3.63) is 146 Å². The quantitative estimate of drug-likeness (QED) is 0.0195. The van der Waals surface area contributed by atoms with E-state index in [1.54, 1.807) is 0 Å². The monoisotopic (exact) mass is 1350 g/mol. The molecule has 96 heavy (non-hydrogen) atoms. The van der Waals surface area contributed by atoms with E-state index in [1.165, 1.54) is 193 Å². The predicted molar refractivity (Wildman–Crippen MR) is 415 cm³/mol. The van der Waals surface area contributed by atoms with Crippen LogP contribution in [-0.4, -0.2) is 70.0 Å². The van der Waals surface area contributed by atoms with Gasteiger partial charge in [-0.3, -0.25) is 14.2 Å².